The predicted octanol–water partition coefficient (Wildman–Crippen LogP) is 5.74. The van der Waals surface area contributed by atoms with E-state index >= 15 is 0 Å². The van der Waals surface area contributed by atoms with Gasteiger partial charge in [0.05, 0.1) is 36.0 Å². The highest BCUT2D eigenvalue weighted by Gasteiger charge is 2.35. The van der Waals surface area contributed by atoms with Gasteiger partial charge in [0.15, 0.2) is 0 Å². The van der Waals surface area contributed by atoms with Gasteiger partial charge in [-0.2, -0.15) is 18.3 Å². The molecule has 0 radical (unpaired) electrons. The van der Waals surface area contributed by atoms with Crippen LogP contribution in [0.2, 0.25) is 0 Å². The lowest BCUT2D eigenvalue weighted by Crippen LogP contribution is -2.49. The number of anilines is 1. The first-order chi connectivity index (χ1) is 31.4. The SMILES string of the molecule is C=N/N=C\N(C)CCc1cccc(-n2cc3c(C(F)(F)F)cc(CN4CCC(OCCN5CCN(CC6CCN(c7ccc8c(c7)CN(N/C=C\C)C8=O)CC6)CC5)CC4)cn3c2=O)c1. The fourth-order valence-electron chi connectivity index (χ4n) is 9.64. The van der Waals surface area contributed by atoms with Crippen LogP contribution in [0.5, 0.6) is 0 Å². The zero-order chi connectivity index (χ0) is 45.5. The molecular weight excluding hydrogens is 836 g/mol. The smallest absolute Gasteiger partial charge is 0.377 e. The zero-order valence-electron chi connectivity index (χ0n) is 37.6. The second-order valence-electron chi connectivity index (χ2n) is 17.9. The minimum Gasteiger partial charge on any atom is -0.377 e. The van der Waals surface area contributed by atoms with E-state index in [0.717, 1.165) is 99.1 Å². The van der Waals surface area contributed by atoms with Crippen LogP contribution in [0.25, 0.3) is 11.2 Å². The van der Waals surface area contributed by atoms with Gasteiger partial charge in [0, 0.05) is 122 Å². The van der Waals surface area contributed by atoms with Crippen LogP contribution in [0.15, 0.2) is 88.2 Å². The lowest BCUT2D eigenvalue weighted by atomic mass is 9.95. The molecule has 2 aromatic carbocycles. The first-order valence-corrected chi connectivity index (χ1v) is 22.9. The molecule has 17 heteroatoms. The molecule has 65 heavy (non-hydrogen) atoms. The fourth-order valence-corrected chi connectivity index (χ4v) is 9.64. The van der Waals surface area contributed by atoms with Crippen molar-refractivity contribution in [2.75, 3.05) is 90.5 Å². The third-order valence-electron chi connectivity index (χ3n) is 13.4. The molecule has 8 rings (SSSR count). The molecule has 2 aromatic heterocycles. The number of amides is 1. The first kappa shape index (κ1) is 46.1. The quantitative estimate of drug-likeness (QED) is 0.0808. The number of carbonyl (C=O) groups is 1. The monoisotopic (exact) mass is 897 g/mol. The number of alkyl halides is 3. The van der Waals surface area contributed by atoms with Crippen LogP contribution in [0.1, 0.15) is 65.2 Å². The van der Waals surface area contributed by atoms with Crippen molar-refractivity contribution in [3.05, 3.63) is 112 Å². The molecular formula is C48H62F3N11O3. The highest BCUT2D eigenvalue weighted by Crippen LogP contribution is 2.34. The Morgan fingerprint density at radius 2 is 1.66 bits per heavy atom. The maximum atomic E-state index is 14.5. The van der Waals surface area contributed by atoms with Crippen LogP contribution in [0.4, 0.5) is 18.9 Å². The number of pyridine rings is 1. The summed E-state index contributed by atoms with van der Waals surface area (Å²) in [5.74, 6) is 0.702. The standard InChI is InChI=1S/C48H62F3N11O3/c1-4-15-54-62-33-39-29-40(8-9-43(39)46(62)63)59-19-11-37(12-20-59)30-58-23-21-56(22-24-58)25-26-65-42-13-17-57(18-14-42)31-38-28-44(48(49,50)51)45-34-60(47(64)61(45)32-38)41-7-5-6-36(27-41)10-16-55(3)35-53-52-2/h4-9,15,27-29,32,34-35,37,42,54H,2,10-14,16-26,30-31,33H2,1,3H3/b15-4-,53-35-. The Labute approximate surface area is 379 Å². The third-order valence-corrected chi connectivity index (χ3v) is 13.4. The topological polar surface area (TPSA) is 109 Å². The summed E-state index contributed by atoms with van der Waals surface area (Å²) in [7, 11) is 1.86. The highest BCUT2D eigenvalue weighted by atomic mass is 19.4. The summed E-state index contributed by atoms with van der Waals surface area (Å²) in [6.45, 7) is 17.1. The van der Waals surface area contributed by atoms with Gasteiger partial charge in [0.1, 0.15) is 6.34 Å². The molecule has 0 spiro atoms. The average molecular weight is 898 g/mol. The molecule has 4 aliphatic heterocycles. The molecule has 4 aliphatic rings. The zero-order valence-corrected chi connectivity index (χ0v) is 37.6. The second-order valence-corrected chi connectivity index (χ2v) is 17.9. The third kappa shape index (κ3) is 11.3. The van der Waals surface area contributed by atoms with Crippen LogP contribution in [-0.4, -0.2) is 144 Å². The van der Waals surface area contributed by atoms with Crippen molar-refractivity contribution in [3.63, 3.8) is 0 Å². The van der Waals surface area contributed by atoms with E-state index < -0.39 is 17.4 Å². The molecule has 4 aromatic rings. The summed E-state index contributed by atoms with van der Waals surface area (Å²) in [6, 6.07) is 14.7. The van der Waals surface area contributed by atoms with Crippen molar-refractivity contribution in [1.29, 1.82) is 0 Å². The number of piperazine rings is 1. The number of allylic oxidation sites excluding steroid dienone is 1. The summed E-state index contributed by atoms with van der Waals surface area (Å²) in [6.07, 6.45) is 8.12. The number of hydrazine groups is 1. The van der Waals surface area contributed by atoms with E-state index in [1.807, 2.05) is 43.1 Å². The molecule has 348 valence electrons. The van der Waals surface area contributed by atoms with Crippen LogP contribution in [-0.2, 0) is 30.4 Å². The molecule has 0 bridgehead atoms. The molecule has 6 heterocycles. The number of nitrogens with one attached hydrogen (secondary N) is 1. The fraction of sp³-hybridized carbons (Fsp3) is 0.500. The van der Waals surface area contributed by atoms with Gasteiger partial charge in [0.25, 0.3) is 5.91 Å². The molecule has 0 aliphatic carbocycles. The number of carbonyl (C=O) groups excluding carboxylic acids is 1. The molecule has 1 N–H and O–H groups in total. The van der Waals surface area contributed by atoms with E-state index in [-0.39, 0.29) is 17.5 Å². The normalized spacial score (nSPS) is 18.8. The molecule has 3 saturated heterocycles. The number of piperidine rings is 2. The van der Waals surface area contributed by atoms with Gasteiger partial charge >= 0.3 is 11.9 Å². The number of halogens is 3. The Morgan fingerprint density at radius 3 is 2.40 bits per heavy atom. The largest absolute Gasteiger partial charge is 0.418 e. The molecule has 14 nitrogen and oxygen atoms in total. The number of imidazole rings is 1. The van der Waals surface area contributed by atoms with Crippen LogP contribution < -0.4 is 16.0 Å². The first-order valence-electron chi connectivity index (χ1n) is 22.9. The molecule has 0 atom stereocenters. The van der Waals surface area contributed by atoms with E-state index in [0.29, 0.717) is 62.9 Å². The highest BCUT2D eigenvalue weighted by molar-refractivity contribution is 5.98. The number of ether oxygens (including phenoxy) is 1. The number of rotatable bonds is 17. The summed E-state index contributed by atoms with van der Waals surface area (Å²) < 4.78 is 52.3. The van der Waals surface area contributed by atoms with Gasteiger partial charge in [-0.1, -0.05) is 18.2 Å². The van der Waals surface area contributed by atoms with E-state index in [9.17, 15) is 22.8 Å². The predicted molar refractivity (Wildman–Crippen MR) is 249 cm³/mol. The Bertz CT molecular complexity index is 2390. The van der Waals surface area contributed by atoms with Crippen LogP contribution in [0, 0.1) is 5.92 Å². The van der Waals surface area contributed by atoms with Crippen molar-refractivity contribution in [2.45, 2.75) is 64.4 Å². The number of aromatic nitrogens is 2. The van der Waals surface area contributed by atoms with E-state index in [4.69, 9.17) is 4.74 Å². The lowest BCUT2D eigenvalue weighted by Gasteiger charge is -2.39. The number of hydrogen-bond donors (Lipinski definition) is 1. The summed E-state index contributed by atoms with van der Waals surface area (Å²) in [5, 5.41) is 8.90. The van der Waals surface area contributed by atoms with Gasteiger partial charge in [-0.05, 0) is 98.0 Å². The number of likely N-dealkylation sites (N-methyl/N-ethyl adjacent to an activating group) is 1. The van der Waals surface area contributed by atoms with Crippen molar-refractivity contribution in [1.82, 2.24) is 39.0 Å². The van der Waals surface area contributed by atoms with Gasteiger partial charge < -0.3 is 24.9 Å². The van der Waals surface area contributed by atoms with E-state index in [2.05, 4.69) is 54.1 Å². The Morgan fingerprint density at radius 1 is 0.892 bits per heavy atom. The Balaban J connectivity index is 0.755. The molecule has 0 saturated carbocycles. The van der Waals surface area contributed by atoms with E-state index in [1.165, 1.54) is 22.5 Å². The van der Waals surface area contributed by atoms with Crippen LogP contribution >= 0.6 is 0 Å². The molecule has 1 amide bonds. The van der Waals surface area contributed by atoms with Gasteiger partial charge in [-0.3, -0.25) is 23.6 Å². The summed E-state index contributed by atoms with van der Waals surface area (Å²) in [5.41, 5.74) is 6.46. The molecule has 0 unspecified atom stereocenters. The van der Waals surface area contributed by atoms with E-state index in [1.54, 1.807) is 35.9 Å². The van der Waals surface area contributed by atoms with Gasteiger partial charge in [0.2, 0.25) is 0 Å². The molecule has 3 fully saturated rings. The summed E-state index contributed by atoms with van der Waals surface area (Å²) in [4.78, 5) is 38.0. The van der Waals surface area contributed by atoms with Crippen LogP contribution in [0.3, 0.4) is 0 Å². The minimum absolute atomic E-state index is 0.0191. The summed E-state index contributed by atoms with van der Waals surface area (Å²) >= 11 is 0. The Hall–Kier alpha value is -5.49. The lowest BCUT2D eigenvalue weighted by molar-refractivity contribution is -0.136. The average Bonchev–Trinajstić information content (AvgIpc) is 3.82. The van der Waals surface area contributed by atoms with Crippen molar-refractivity contribution in [3.8, 4) is 5.69 Å². The minimum atomic E-state index is -4.64. The second kappa shape index (κ2) is 20.8. The number of likely N-dealkylation sites (tertiary alicyclic amines) is 1. The maximum Gasteiger partial charge on any atom is 0.418 e. The van der Waals surface area contributed by atoms with Crippen molar-refractivity contribution < 1.29 is 22.7 Å². The van der Waals surface area contributed by atoms with Crippen molar-refractivity contribution in [2.24, 2.45) is 16.1 Å². The number of fused-ring (bicyclic) bond motifs is 2. The number of benzene rings is 2. The van der Waals surface area contributed by atoms with Gasteiger partial charge in [-0.25, -0.2) is 9.80 Å². The Kier molecular flexibility index (Phi) is 14.7. The maximum absolute atomic E-state index is 14.5. The number of nitrogens with zero attached hydrogens (tertiary/aromatic N) is 10. The van der Waals surface area contributed by atoms with Gasteiger partial charge in [-0.15, -0.1) is 5.10 Å². The van der Waals surface area contributed by atoms with Crippen molar-refractivity contribution >= 4 is 30.2 Å². The number of hydrogen-bond acceptors (Lipinski definition) is 10.